The Hall–Kier alpha value is -3.28. The summed E-state index contributed by atoms with van der Waals surface area (Å²) in [5.41, 5.74) is 5.22. The molecule has 1 aliphatic heterocycles. The third-order valence-electron chi connectivity index (χ3n) is 5.33. The number of urea groups is 1. The maximum atomic E-state index is 13.0. The van der Waals surface area contributed by atoms with Crippen LogP contribution < -0.4 is 15.4 Å². The molecule has 0 aromatic heterocycles. The number of carbonyl (C=O) groups excluding carboxylic acids is 2. The van der Waals surface area contributed by atoms with Gasteiger partial charge < -0.3 is 20.1 Å². The molecule has 0 radical (unpaired) electrons. The number of rotatable bonds is 7. The molecule has 32 heavy (non-hydrogen) atoms. The predicted octanol–water partition coefficient (Wildman–Crippen LogP) is 5.10. The van der Waals surface area contributed by atoms with Crippen molar-refractivity contribution in [2.24, 2.45) is 5.92 Å². The lowest BCUT2D eigenvalue weighted by Crippen LogP contribution is -2.47. The van der Waals surface area contributed by atoms with Crippen molar-refractivity contribution in [1.29, 1.82) is 0 Å². The Morgan fingerprint density at radius 1 is 1.06 bits per heavy atom. The highest BCUT2D eigenvalue weighted by Gasteiger charge is 2.35. The van der Waals surface area contributed by atoms with Gasteiger partial charge in [0.25, 0.3) is 0 Å². The molecule has 1 unspecified atom stereocenters. The summed E-state index contributed by atoms with van der Waals surface area (Å²) in [7, 11) is 0. The normalized spacial score (nSPS) is 16.1. The van der Waals surface area contributed by atoms with Crippen molar-refractivity contribution >= 4 is 12.0 Å². The smallest absolute Gasteiger partial charge is 0.338 e. The number of nitrogens with one attached hydrogen (secondary N) is 2. The van der Waals surface area contributed by atoms with E-state index < -0.39 is 12.0 Å². The van der Waals surface area contributed by atoms with E-state index in [1.54, 1.807) is 13.8 Å². The molecule has 2 amide bonds. The molecular formula is C26H32N2O4. The summed E-state index contributed by atoms with van der Waals surface area (Å²) in [5.74, 6) is 0.170. The van der Waals surface area contributed by atoms with Gasteiger partial charge in [-0.05, 0) is 62.4 Å². The van der Waals surface area contributed by atoms with E-state index in [2.05, 4.69) is 42.7 Å². The highest BCUT2D eigenvalue weighted by atomic mass is 16.5. The number of esters is 1. The number of ether oxygens (including phenoxy) is 2. The van der Waals surface area contributed by atoms with Crippen LogP contribution in [-0.4, -0.2) is 18.1 Å². The first-order chi connectivity index (χ1) is 15.2. The molecule has 3 rings (SSSR count). The van der Waals surface area contributed by atoms with Crippen LogP contribution in [0.25, 0.3) is 0 Å². The van der Waals surface area contributed by atoms with Gasteiger partial charge in [0.15, 0.2) is 0 Å². The van der Waals surface area contributed by atoms with Crippen molar-refractivity contribution in [2.75, 3.05) is 0 Å². The Kier molecular flexibility index (Phi) is 7.23. The van der Waals surface area contributed by atoms with Crippen LogP contribution in [0.2, 0.25) is 0 Å². The Morgan fingerprint density at radius 2 is 1.81 bits per heavy atom. The summed E-state index contributed by atoms with van der Waals surface area (Å²) in [4.78, 5) is 25.4. The molecule has 2 aromatic carbocycles. The molecule has 6 heteroatoms. The lowest BCUT2D eigenvalue weighted by atomic mass is 9.91. The molecule has 2 N–H and O–H groups in total. The first kappa shape index (κ1) is 23.4. The molecule has 0 saturated heterocycles. The second-order valence-electron chi connectivity index (χ2n) is 8.76. The van der Waals surface area contributed by atoms with Crippen molar-refractivity contribution in [1.82, 2.24) is 10.6 Å². The Morgan fingerprint density at radius 3 is 2.50 bits per heavy atom. The maximum absolute atomic E-state index is 13.0. The molecule has 0 fully saturated rings. The summed E-state index contributed by atoms with van der Waals surface area (Å²) in [5, 5.41) is 5.67. The van der Waals surface area contributed by atoms with Crippen LogP contribution in [0.15, 0.2) is 53.7 Å². The molecular weight excluding hydrogens is 404 g/mol. The van der Waals surface area contributed by atoms with Crippen LogP contribution in [0.4, 0.5) is 4.79 Å². The third kappa shape index (κ3) is 5.49. The molecule has 1 atom stereocenters. The van der Waals surface area contributed by atoms with Crippen molar-refractivity contribution in [3.05, 3.63) is 76.0 Å². The van der Waals surface area contributed by atoms with Gasteiger partial charge in [0.1, 0.15) is 12.4 Å². The molecule has 170 valence electrons. The summed E-state index contributed by atoms with van der Waals surface area (Å²) in [6, 6.07) is 12.8. The van der Waals surface area contributed by atoms with E-state index in [9.17, 15) is 9.59 Å². The van der Waals surface area contributed by atoms with Crippen LogP contribution in [0.3, 0.4) is 0 Å². The Bertz CT molecular complexity index is 1040. The zero-order chi connectivity index (χ0) is 23.4. The van der Waals surface area contributed by atoms with Crippen molar-refractivity contribution in [2.45, 2.75) is 60.3 Å². The molecule has 1 heterocycles. The van der Waals surface area contributed by atoms with Crippen LogP contribution in [0.5, 0.6) is 5.75 Å². The number of aryl methyl sites for hydroxylation is 2. The quantitative estimate of drug-likeness (QED) is 0.592. The van der Waals surface area contributed by atoms with Gasteiger partial charge in [-0.3, -0.25) is 0 Å². The zero-order valence-corrected chi connectivity index (χ0v) is 19.6. The molecule has 0 aliphatic carbocycles. The maximum Gasteiger partial charge on any atom is 0.338 e. The molecule has 0 saturated carbocycles. The minimum absolute atomic E-state index is 0.0537. The molecule has 6 nitrogen and oxygen atoms in total. The van der Waals surface area contributed by atoms with Crippen LogP contribution in [0.1, 0.15) is 56.0 Å². The summed E-state index contributed by atoms with van der Waals surface area (Å²) in [6.07, 6.45) is -0.270. The minimum Gasteiger partial charge on any atom is -0.489 e. The highest BCUT2D eigenvalue weighted by Crippen LogP contribution is 2.32. The van der Waals surface area contributed by atoms with Gasteiger partial charge in [0.05, 0.1) is 17.7 Å². The fraction of sp³-hybridized carbons (Fsp3) is 0.385. The van der Waals surface area contributed by atoms with Gasteiger partial charge in [-0.25, -0.2) is 9.59 Å². The van der Waals surface area contributed by atoms with Crippen molar-refractivity contribution in [3.63, 3.8) is 0 Å². The monoisotopic (exact) mass is 436 g/mol. The van der Waals surface area contributed by atoms with Gasteiger partial charge in [-0.2, -0.15) is 0 Å². The summed E-state index contributed by atoms with van der Waals surface area (Å²) < 4.78 is 11.6. The first-order valence-corrected chi connectivity index (χ1v) is 11.0. The highest BCUT2D eigenvalue weighted by molar-refractivity contribution is 5.95. The molecule has 0 spiro atoms. The second kappa shape index (κ2) is 9.90. The van der Waals surface area contributed by atoms with Gasteiger partial charge in [0, 0.05) is 5.70 Å². The first-order valence-electron chi connectivity index (χ1n) is 11.0. The summed E-state index contributed by atoms with van der Waals surface area (Å²) in [6.45, 7) is 12.0. The van der Waals surface area contributed by atoms with E-state index in [4.69, 9.17) is 9.47 Å². The number of carbonyl (C=O) groups is 2. The van der Waals surface area contributed by atoms with E-state index in [0.29, 0.717) is 23.6 Å². The molecule has 1 aliphatic rings. The van der Waals surface area contributed by atoms with E-state index >= 15 is 0 Å². The van der Waals surface area contributed by atoms with E-state index in [1.165, 1.54) is 11.1 Å². The van der Waals surface area contributed by atoms with Gasteiger partial charge in [0.2, 0.25) is 0 Å². The average molecular weight is 437 g/mol. The molecule has 0 bridgehead atoms. The van der Waals surface area contributed by atoms with E-state index in [-0.39, 0.29) is 18.1 Å². The number of allylic oxidation sites excluding steroid dienone is 1. The zero-order valence-electron chi connectivity index (χ0n) is 19.6. The molecule has 2 aromatic rings. The lowest BCUT2D eigenvalue weighted by Gasteiger charge is -2.31. The van der Waals surface area contributed by atoms with Crippen LogP contribution >= 0.6 is 0 Å². The largest absolute Gasteiger partial charge is 0.489 e. The summed E-state index contributed by atoms with van der Waals surface area (Å²) >= 11 is 0. The fourth-order valence-electron chi connectivity index (χ4n) is 3.70. The fourth-order valence-corrected chi connectivity index (χ4v) is 3.70. The second-order valence-corrected chi connectivity index (χ2v) is 8.76. The number of hydrogen-bond acceptors (Lipinski definition) is 4. The Labute approximate surface area is 190 Å². The standard InChI is InChI=1S/C26H32N2O4/c1-15(2)23-22(25(29)32-16(3)4)24(28-26(30)27-23)19-8-7-9-21(13-19)31-14-20-12-17(5)10-11-18(20)6/h7-13,15-16,24H,14H2,1-6H3,(H2,27,28,30). The van der Waals surface area contributed by atoms with Crippen molar-refractivity contribution in [3.8, 4) is 5.75 Å². The van der Waals surface area contributed by atoms with Gasteiger partial charge in [-0.1, -0.05) is 49.7 Å². The predicted molar refractivity (Wildman–Crippen MR) is 124 cm³/mol. The lowest BCUT2D eigenvalue weighted by molar-refractivity contribution is -0.143. The Balaban J connectivity index is 1.92. The van der Waals surface area contributed by atoms with E-state index in [0.717, 1.165) is 11.1 Å². The van der Waals surface area contributed by atoms with Crippen molar-refractivity contribution < 1.29 is 19.1 Å². The van der Waals surface area contributed by atoms with Gasteiger partial charge in [-0.15, -0.1) is 0 Å². The van der Waals surface area contributed by atoms with Crippen LogP contribution in [0, 0.1) is 19.8 Å². The minimum atomic E-state index is -0.628. The van der Waals surface area contributed by atoms with E-state index in [1.807, 2.05) is 38.1 Å². The third-order valence-corrected chi connectivity index (χ3v) is 5.33. The average Bonchev–Trinajstić information content (AvgIpc) is 2.73. The number of hydrogen-bond donors (Lipinski definition) is 2. The SMILES string of the molecule is Cc1ccc(C)c(COc2cccc(C3NC(=O)NC(C(C)C)=C3C(=O)OC(C)C)c2)c1. The number of benzene rings is 2. The van der Waals surface area contributed by atoms with Crippen LogP contribution in [-0.2, 0) is 16.1 Å². The topological polar surface area (TPSA) is 76.7 Å². The van der Waals surface area contributed by atoms with Gasteiger partial charge >= 0.3 is 12.0 Å². The number of amides is 2.